The molecule has 0 radical (unpaired) electrons. The minimum absolute atomic E-state index is 0.255. The summed E-state index contributed by atoms with van der Waals surface area (Å²) < 4.78 is 1.99. The minimum atomic E-state index is -0.942. The average Bonchev–Trinajstić information content (AvgIpc) is 2.85. The van der Waals surface area contributed by atoms with Crippen LogP contribution in [0.1, 0.15) is 28.8 Å². The first-order valence-electron chi connectivity index (χ1n) is 6.68. The predicted octanol–water partition coefficient (Wildman–Crippen LogP) is 2.14. The second-order valence-electron chi connectivity index (χ2n) is 4.69. The lowest BCUT2D eigenvalue weighted by molar-refractivity contribution is 0.0697. The number of benzene rings is 1. The Balaban J connectivity index is 2.14. The first-order chi connectivity index (χ1) is 10.2. The van der Waals surface area contributed by atoms with Gasteiger partial charge in [0.2, 0.25) is 0 Å². The molecule has 0 aliphatic heterocycles. The minimum Gasteiger partial charge on any atom is -0.478 e. The van der Waals surface area contributed by atoms with Gasteiger partial charge in [-0.15, -0.1) is 0 Å². The quantitative estimate of drug-likeness (QED) is 0.792. The number of aromatic nitrogens is 4. The van der Waals surface area contributed by atoms with Crippen LogP contribution in [0.15, 0.2) is 36.5 Å². The predicted molar refractivity (Wildman–Crippen MR) is 77.2 cm³/mol. The Bertz CT molecular complexity index is 796. The van der Waals surface area contributed by atoms with E-state index in [2.05, 4.69) is 15.2 Å². The molecule has 1 aromatic carbocycles. The average molecular weight is 282 g/mol. The molecule has 0 saturated heterocycles. The van der Waals surface area contributed by atoms with Crippen molar-refractivity contribution < 1.29 is 9.90 Å². The maximum atomic E-state index is 11.1. The van der Waals surface area contributed by atoms with Crippen molar-refractivity contribution >= 4 is 17.0 Å². The Morgan fingerprint density at radius 2 is 2.19 bits per heavy atom. The van der Waals surface area contributed by atoms with Crippen LogP contribution < -0.4 is 0 Å². The molecule has 0 aliphatic carbocycles. The van der Waals surface area contributed by atoms with Crippen LogP contribution in [0.25, 0.3) is 11.0 Å². The van der Waals surface area contributed by atoms with Crippen LogP contribution in [0.2, 0.25) is 0 Å². The zero-order chi connectivity index (χ0) is 14.8. The fourth-order valence-electron chi connectivity index (χ4n) is 2.33. The van der Waals surface area contributed by atoms with E-state index in [1.165, 1.54) is 0 Å². The van der Waals surface area contributed by atoms with Gasteiger partial charge in [0.15, 0.2) is 0 Å². The molecular weight excluding hydrogens is 268 g/mol. The molecule has 0 aliphatic rings. The molecule has 2 aromatic heterocycles. The van der Waals surface area contributed by atoms with Crippen LogP contribution in [0.4, 0.5) is 0 Å². The molecule has 106 valence electrons. The normalized spacial score (nSPS) is 10.9. The number of hydrogen-bond donors (Lipinski definition) is 1. The van der Waals surface area contributed by atoms with E-state index in [4.69, 9.17) is 5.11 Å². The summed E-state index contributed by atoms with van der Waals surface area (Å²) in [6.07, 6.45) is 2.39. The maximum Gasteiger partial charge on any atom is 0.335 e. The number of aromatic carboxylic acids is 1. The number of nitrogens with zero attached hydrogens (tertiary/aromatic N) is 4. The third-order valence-corrected chi connectivity index (χ3v) is 3.34. The van der Waals surface area contributed by atoms with Crippen molar-refractivity contribution in [3.05, 3.63) is 53.6 Å². The van der Waals surface area contributed by atoms with E-state index >= 15 is 0 Å². The van der Waals surface area contributed by atoms with E-state index in [1.807, 2.05) is 23.6 Å². The van der Waals surface area contributed by atoms with Crippen molar-refractivity contribution in [3.63, 3.8) is 0 Å². The lowest BCUT2D eigenvalue weighted by Crippen LogP contribution is -2.06. The number of carbonyl (C=O) groups is 1. The summed E-state index contributed by atoms with van der Waals surface area (Å²) in [6, 6.07) is 8.68. The van der Waals surface area contributed by atoms with Crippen molar-refractivity contribution in [1.29, 1.82) is 0 Å². The van der Waals surface area contributed by atoms with E-state index in [9.17, 15) is 4.79 Å². The van der Waals surface area contributed by atoms with E-state index in [0.29, 0.717) is 6.54 Å². The lowest BCUT2D eigenvalue weighted by Gasteiger charge is -2.07. The molecule has 0 unspecified atom stereocenters. The first-order valence-corrected chi connectivity index (χ1v) is 6.68. The fourth-order valence-corrected chi connectivity index (χ4v) is 2.33. The van der Waals surface area contributed by atoms with Crippen LogP contribution in [0.3, 0.4) is 0 Å². The number of fused-ring (bicyclic) bond motifs is 1. The molecule has 0 spiro atoms. The molecule has 3 rings (SSSR count). The summed E-state index contributed by atoms with van der Waals surface area (Å²) in [5, 5.41) is 17.1. The Labute approximate surface area is 121 Å². The van der Waals surface area contributed by atoms with Crippen LogP contribution >= 0.6 is 0 Å². The van der Waals surface area contributed by atoms with Crippen molar-refractivity contribution in [2.24, 2.45) is 0 Å². The third kappa shape index (κ3) is 2.47. The highest BCUT2D eigenvalue weighted by atomic mass is 16.4. The summed E-state index contributed by atoms with van der Waals surface area (Å²) >= 11 is 0. The summed E-state index contributed by atoms with van der Waals surface area (Å²) in [5.41, 5.74) is 2.66. The largest absolute Gasteiger partial charge is 0.478 e. The van der Waals surface area contributed by atoms with Gasteiger partial charge in [-0.05, 0) is 30.3 Å². The number of carboxylic acid groups (broad SMARTS) is 1. The van der Waals surface area contributed by atoms with Gasteiger partial charge in [-0.1, -0.05) is 6.92 Å². The SMILES string of the molecule is CCc1nc2ccc(C(=O)O)cc2n1Cc1cccnn1. The molecular formula is C15H14N4O2. The number of carboxylic acids is 1. The Hall–Kier alpha value is -2.76. The van der Waals surface area contributed by atoms with Crippen LogP contribution in [-0.2, 0) is 13.0 Å². The van der Waals surface area contributed by atoms with Gasteiger partial charge in [0.25, 0.3) is 0 Å². The fraction of sp³-hybridized carbons (Fsp3) is 0.200. The van der Waals surface area contributed by atoms with Gasteiger partial charge in [0.05, 0.1) is 28.8 Å². The molecule has 0 bridgehead atoms. The number of aryl methyl sites for hydroxylation is 1. The molecule has 6 nitrogen and oxygen atoms in total. The monoisotopic (exact) mass is 282 g/mol. The highest BCUT2D eigenvalue weighted by Crippen LogP contribution is 2.19. The van der Waals surface area contributed by atoms with Crippen molar-refractivity contribution in [2.45, 2.75) is 19.9 Å². The Morgan fingerprint density at radius 1 is 1.33 bits per heavy atom. The van der Waals surface area contributed by atoms with Gasteiger partial charge in [-0.25, -0.2) is 9.78 Å². The zero-order valence-electron chi connectivity index (χ0n) is 11.5. The van der Waals surface area contributed by atoms with Gasteiger partial charge in [-0.2, -0.15) is 10.2 Å². The molecule has 1 N–H and O–H groups in total. The van der Waals surface area contributed by atoms with Crippen molar-refractivity contribution in [1.82, 2.24) is 19.7 Å². The van der Waals surface area contributed by atoms with E-state index in [-0.39, 0.29) is 5.56 Å². The molecule has 0 fully saturated rings. The third-order valence-electron chi connectivity index (χ3n) is 3.34. The Morgan fingerprint density at radius 3 is 2.86 bits per heavy atom. The molecule has 6 heteroatoms. The van der Waals surface area contributed by atoms with Gasteiger partial charge in [0.1, 0.15) is 5.82 Å². The van der Waals surface area contributed by atoms with E-state index in [0.717, 1.165) is 29.0 Å². The van der Waals surface area contributed by atoms with Gasteiger partial charge >= 0.3 is 5.97 Å². The molecule has 0 amide bonds. The molecule has 3 aromatic rings. The standard InChI is InChI=1S/C15H14N4O2/c1-2-14-17-12-6-5-10(15(20)21)8-13(12)19(14)9-11-4-3-7-16-18-11/h3-8H,2,9H2,1H3,(H,20,21). The van der Waals surface area contributed by atoms with E-state index < -0.39 is 5.97 Å². The van der Waals surface area contributed by atoms with Gasteiger partial charge in [0, 0.05) is 12.6 Å². The van der Waals surface area contributed by atoms with Crippen LogP contribution in [-0.4, -0.2) is 30.8 Å². The summed E-state index contributed by atoms with van der Waals surface area (Å²) in [7, 11) is 0. The number of rotatable bonds is 4. The van der Waals surface area contributed by atoms with Crippen LogP contribution in [0, 0.1) is 0 Å². The second kappa shape index (κ2) is 5.32. The highest BCUT2D eigenvalue weighted by molar-refractivity contribution is 5.92. The second-order valence-corrected chi connectivity index (χ2v) is 4.69. The molecule has 0 saturated carbocycles. The topological polar surface area (TPSA) is 80.9 Å². The summed E-state index contributed by atoms with van der Waals surface area (Å²) in [6.45, 7) is 2.54. The number of imidazole rings is 1. The molecule has 21 heavy (non-hydrogen) atoms. The van der Waals surface area contributed by atoms with Gasteiger partial charge < -0.3 is 9.67 Å². The zero-order valence-corrected chi connectivity index (χ0v) is 11.5. The van der Waals surface area contributed by atoms with Crippen molar-refractivity contribution in [3.8, 4) is 0 Å². The summed E-state index contributed by atoms with van der Waals surface area (Å²) in [4.78, 5) is 15.7. The van der Waals surface area contributed by atoms with E-state index in [1.54, 1.807) is 24.4 Å². The van der Waals surface area contributed by atoms with Crippen LogP contribution in [0.5, 0.6) is 0 Å². The first kappa shape index (κ1) is 13.2. The molecule has 2 heterocycles. The summed E-state index contributed by atoms with van der Waals surface area (Å²) in [5.74, 6) is -0.0413. The van der Waals surface area contributed by atoms with Crippen molar-refractivity contribution in [2.75, 3.05) is 0 Å². The maximum absolute atomic E-state index is 11.1. The Kier molecular flexibility index (Phi) is 3.35. The number of hydrogen-bond acceptors (Lipinski definition) is 4. The van der Waals surface area contributed by atoms with Gasteiger partial charge in [-0.3, -0.25) is 0 Å². The smallest absolute Gasteiger partial charge is 0.335 e. The lowest BCUT2D eigenvalue weighted by atomic mass is 10.2. The molecule has 0 atom stereocenters. The highest BCUT2D eigenvalue weighted by Gasteiger charge is 2.13.